The molecule has 1 N–H and O–H groups in total. The molecule has 0 saturated carbocycles. The van der Waals surface area contributed by atoms with Gasteiger partial charge in [0.1, 0.15) is 0 Å². The molecule has 0 heterocycles. The first-order chi connectivity index (χ1) is 15.2. The summed E-state index contributed by atoms with van der Waals surface area (Å²) < 4.78 is 65.7. The molecule has 10 heteroatoms. The first-order valence-corrected chi connectivity index (χ1v) is 11.7. The number of carbonyl (C=O) groups is 2. The summed E-state index contributed by atoms with van der Waals surface area (Å²) in [6.07, 6.45) is -4.15. The summed E-state index contributed by atoms with van der Waals surface area (Å²) in [6, 6.07) is 9.34. The number of hydrogen-bond donors (Lipinski definition) is 1. The molecular weight excluding hydrogens is 457 g/mol. The molecule has 33 heavy (non-hydrogen) atoms. The number of benzene rings is 2. The van der Waals surface area contributed by atoms with Crippen molar-refractivity contribution in [3.05, 3.63) is 65.2 Å². The molecule has 2 aromatic rings. The molecule has 2 rings (SSSR count). The van der Waals surface area contributed by atoms with E-state index in [-0.39, 0.29) is 22.2 Å². The highest BCUT2D eigenvalue weighted by atomic mass is 32.2. The quantitative estimate of drug-likeness (QED) is 0.534. The third-order valence-electron chi connectivity index (χ3n) is 4.99. The smallest absolute Gasteiger partial charge is 0.348 e. The van der Waals surface area contributed by atoms with E-state index in [9.17, 15) is 31.2 Å². The first kappa shape index (κ1) is 26.5. The van der Waals surface area contributed by atoms with Crippen molar-refractivity contribution in [3.63, 3.8) is 0 Å². The Morgan fingerprint density at radius 2 is 1.67 bits per heavy atom. The van der Waals surface area contributed by atoms with E-state index in [0.717, 1.165) is 16.4 Å². The Labute approximate surface area is 191 Å². The lowest BCUT2D eigenvalue weighted by atomic mass is 9.95. The van der Waals surface area contributed by atoms with E-state index in [1.807, 2.05) is 13.8 Å². The number of carbonyl (C=O) groups excluding carboxylic acids is 2. The van der Waals surface area contributed by atoms with Crippen LogP contribution in [0.5, 0.6) is 0 Å². The van der Waals surface area contributed by atoms with E-state index < -0.39 is 40.3 Å². The number of rotatable bonds is 9. The van der Waals surface area contributed by atoms with Crippen LogP contribution >= 0.6 is 0 Å². The Kier molecular flexibility index (Phi) is 8.42. The minimum absolute atomic E-state index is 0.0612. The SMILES string of the molecule is CC(=O)c1ccc(S(=O)(=O)N(C)CC(=O)N[C@H](CC(C)C)c2cccc(C(F)(F)F)c2)cc1. The van der Waals surface area contributed by atoms with Crippen molar-refractivity contribution in [1.82, 2.24) is 9.62 Å². The monoisotopic (exact) mass is 484 g/mol. The van der Waals surface area contributed by atoms with Gasteiger partial charge in [0.25, 0.3) is 0 Å². The van der Waals surface area contributed by atoms with Crippen molar-refractivity contribution < 1.29 is 31.2 Å². The Balaban J connectivity index is 2.18. The van der Waals surface area contributed by atoms with Crippen LogP contribution < -0.4 is 5.32 Å². The van der Waals surface area contributed by atoms with E-state index in [4.69, 9.17) is 0 Å². The molecular formula is C23H27F3N2O4S. The van der Waals surface area contributed by atoms with E-state index in [2.05, 4.69) is 5.32 Å². The third kappa shape index (κ3) is 7.13. The molecule has 0 spiro atoms. The van der Waals surface area contributed by atoms with Crippen molar-refractivity contribution in [2.24, 2.45) is 5.92 Å². The largest absolute Gasteiger partial charge is 0.416 e. The van der Waals surface area contributed by atoms with Crippen LogP contribution in [-0.2, 0) is 21.0 Å². The molecule has 0 unspecified atom stereocenters. The van der Waals surface area contributed by atoms with Gasteiger partial charge in [-0.3, -0.25) is 9.59 Å². The Morgan fingerprint density at radius 3 is 2.18 bits per heavy atom. The second kappa shape index (κ2) is 10.5. The van der Waals surface area contributed by atoms with E-state index in [0.29, 0.717) is 12.0 Å². The summed E-state index contributed by atoms with van der Waals surface area (Å²) in [5.41, 5.74) is -0.180. The number of likely N-dealkylation sites (N-methyl/N-ethyl adjacent to an activating group) is 1. The molecule has 0 fully saturated rings. The molecule has 6 nitrogen and oxygen atoms in total. The van der Waals surface area contributed by atoms with Crippen LogP contribution in [-0.4, -0.2) is 38.0 Å². The maximum absolute atomic E-state index is 13.1. The number of amides is 1. The first-order valence-electron chi connectivity index (χ1n) is 10.3. The van der Waals surface area contributed by atoms with Gasteiger partial charge in [-0.25, -0.2) is 8.42 Å². The fraction of sp³-hybridized carbons (Fsp3) is 0.391. The van der Waals surface area contributed by atoms with Crippen molar-refractivity contribution in [3.8, 4) is 0 Å². The molecule has 1 amide bonds. The van der Waals surface area contributed by atoms with Crippen LogP contribution in [0.1, 0.15) is 54.7 Å². The molecule has 2 aromatic carbocycles. The lowest BCUT2D eigenvalue weighted by Crippen LogP contribution is -2.40. The number of hydrogen-bond acceptors (Lipinski definition) is 4. The molecule has 0 aliphatic rings. The normalized spacial score (nSPS) is 13.2. The zero-order valence-electron chi connectivity index (χ0n) is 18.8. The summed E-state index contributed by atoms with van der Waals surface area (Å²) in [6.45, 7) is 4.57. The number of sulfonamides is 1. The maximum Gasteiger partial charge on any atom is 0.416 e. The fourth-order valence-electron chi connectivity index (χ4n) is 3.25. The van der Waals surface area contributed by atoms with Crippen molar-refractivity contribution in [1.29, 1.82) is 0 Å². The summed E-state index contributed by atoms with van der Waals surface area (Å²) in [4.78, 5) is 23.9. The zero-order valence-corrected chi connectivity index (χ0v) is 19.6. The standard InChI is InChI=1S/C23H27F3N2O4S/c1-15(2)12-21(18-6-5-7-19(13-18)23(24,25)26)27-22(30)14-28(4)33(31,32)20-10-8-17(9-11-20)16(3)29/h5-11,13,15,21H,12,14H2,1-4H3,(H,27,30)/t21-/m1/s1. The minimum atomic E-state index is -4.52. The molecule has 180 valence electrons. The molecule has 0 aliphatic heterocycles. The molecule has 0 aliphatic carbocycles. The second-order valence-corrected chi connectivity index (χ2v) is 10.3. The van der Waals surface area contributed by atoms with Gasteiger partial charge in [-0.15, -0.1) is 0 Å². The number of nitrogens with zero attached hydrogens (tertiary/aromatic N) is 1. The topological polar surface area (TPSA) is 83.6 Å². The van der Waals surface area contributed by atoms with Gasteiger partial charge in [0.05, 0.1) is 23.0 Å². The van der Waals surface area contributed by atoms with Crippen molar-refractivity contribution in [2.75, 3.05) is 13.6 Å². The van der Waals surface area contributed by atoms with E-state index in [1.165, 1.54) is 50.4 Å². The van der Waals surface area contributed by atoms with Crippen LogP contribution in [0.15, 0.2) is 53.4 Å². The van der Waals surface area contributed by atoms with Gasteiger partial charge in [-0.1, -0.05) is 38.1 Å². The number of alkyl halides is 3. The van der Waals surface area contributed by atoms with Crippen LogP contribution in [0, 0.1) is 5.92 Å². The van der Waals surface area contributed by atoms with Crippen LogP contribution in [0.4, 0.5) is 13.2 Å². The Bertz CT molecular complexity index is 1100. The van der Waals surface area contributed by atoms with Gasteiger partial charge in [0, 0.05) is 12.6 Å². The van der Waals surface area contributed by atoms with Crippen LogP contribution in [0.2, 0.25) is 0 Å². The molecule has 1 atom stereocenters. The van der Waals surface area contributed by atoms with Crippen molar-refractivity contribution >= 4 is 21.7 Å². The lowest BCUT2D eigenvalue weighted by Gasteiger charge is -2.24. The van der Waals surface area contributed by atoms with Crippen LogP contribution in [0.25, 0.3) is 0 Å². The van der Waals surface area contributed by atoms with Gasteiger partial charge >= 0.3 is 6.18 Å². The van der Waals surface area contributed by atoms with Gasteiger partial charge in [0.2, 0.25) is 15.9 Å². The maximum atomic E-state index is 13.1. The summed E-state index contributed by atoms with van der Waals surface area (Å²) in [7, 11) is -2.78. The summed E-state index contributed by atoms with van der Waals surface area (Å²) >= 11 is 0. The average molecular weight is 485 g/mol. The van der Waals surface area contributed by atoms with Crippen molar-refractivity contribution in [2.45, 2.75) is 44.3 Å². The highest BCUT2D eigenvalue weighted by Crippen LogP contribution is 2.32. The molecule has 0 radical (unpaired) electrons. The number of nitrogens with one attached hydrogen (secondary N) is 1. The van der Waals surface area contributed by atoms with Gasteiger partial charge in [0.15, 0.2) is 5.78 Å². The predicted octanol–water partition coefficient (Wildman–Crippen LogP) is 4.43. The zero-order chi connectivity index (χ0) is 25.0. The van der Waals surface area contributed by atoms with Gasteiger partial charge < -0.3 is 5.32 Å². The van der Waals surface area contributed by atoms with E-state index >= 15 is 0 Å². The van der Waals surface area contributed by atoms with E-state index in [1.54, 1.807) is 0 Å². The van der Waals surface area contributed by atoms with Crippen LogP contribution in [0.3, 0.4) is 0 Å². The lowest BCUT2D eigenvalue weighted by molar-refractivity contribution is -0.137. The third-order valence-corrected chi connectivity index (χ3v) is 6.81. The summed E-state index contributed by atoms with van der Waals surface area (Å²) in [5.74, 6) is -0.798. The predicted molar refractivity (Wildman–Crippen MR) is 118 cm³/mol. The number of halogens is 3. The fourth-order valence-corrected chi connectivity index (χ4v) is 4.38. The second-order valence-electron chi connectivity index (χ2n) is 8.21. The summed E-state index contributed by atoms with van der Waals surface area (Å²) in [5, 5.41) is 2.66. The number of Topliss-reactive ketones (excluding diaryl/α,β-unsaturated/α-hetero) is 1. The highest BCUT2D eigenvalue weighted by molar-refractivity contribution is 7.89. The molecule has 0 aromatic heterocycles. The Morgan fingerprint density at radius 1 is 1.06 bits per heavy atom. The molecule has 0 bridgehead atoms. The highest BCUT2D eigenvalue weighted by Gasteiger charge is 2.31. The van der Waals surface area contributed by atoms with Gasteiger partial charge in [-0.05, 0) is 49.1 Å². The van der Waals surface area contributed by atoms with Gasteiger partial charge in [-0.2, -0.15) is 17.5 Å². The minimum Gasteiger partial charge on any atom is -0.348 e. The number of ketones is 1. The molecule has 0 saturated heterocycles. The Hall–Kier alpha value is -2.72. The average Bonchev–Trinajstić information content (AvgIpc) is 2.72.